The molecule has 3 aromatic rings. The number of nitrogens with zero attached hydrogens (tertiary/aromatic N) is 3. The first-order chi connectivity index (χ1) is 13.1. The van der Waals surface area contributed by atoms with Gasteiger partial charge in [0.1, 0.15) is 5.01 Å². The van der Waals surface area contributed by atoms with E-state index in [9.17, 15) is 0 Å². The van der Waals surface area contributed by atoms with Crippen LogP contribution in [0.5, 0.6) is 0 Å². The van der Waals surface area contributed by atoms with Crippen molar-refractivity contribution in [3.05, 3.63) is 70.2 Å². The lowest BCUT2D eigenvalue weighted by Gasteiger charge is -2.25. The highest BCUT2D eigenvalue weighted by atomic mass is 32.1. The molecule has 1 aliphatic heterocycles. The molecule has 0 fully saturated rings. The SMILES string of the molecule is Cc1csc(-c2ccccc2CN2Cc3ccc(N(C)C)cc3C2CN)n1. The quantitative estimate of drug-likeness (QED) is 0.723. The first kappa shape index (κ1) is 18.2. The van der Waals surface area contributed by atoms with Crippen LogP contribution in [0, 0.1) is 6.92 Å². The standard InChI is InChI=1S/C22H26N4S/c1-15-14-27-22(24-15)19-7-5-4-6-16(19)12-26-13-17-8-9-18(25(2)3)10-20(17)21(26)11-23/h4-10,14,21H,11-13,23H2,1-3H3. The molecule has 4 nitrogen and oxygen atoms in total. The van der Waals surface area contributed by atoms with Crippen molar-refractivity contribution in [3.8, 4) is 10.6 Å². The second kappa shape index (κ2) is 7.43. The zero-order valence-corrected chi connectivity index (χ0v) is 17.0. The number of aryl methyl sites for hydroxylation is 1. The fourth-order valence-corrected chi connectivity index (χ4v) is 4.70. The lowest BCUT2D eigenvalue weighted by molar-refractivity contribution is 0.211. The Morgan fingerprint density at radius 2 is 2.04 bits per heavy atom. The maximum Gasteiger partial charge on any atom is 0.123 e. The number of rotatable bonds is 5. The molecule has 5 heteroatoms. The summed E-state index contributed by atoms with van der Waals surface area (Å²) in [5.41, 5.74) is 13.8. The van der Waals surface area contributed by atoms with Crippen molar-refractivity contribution in [1.82, 2.24) is 9.88 Å². The van der Waals surface area contributed by atoms with Crippen molar-refractivity contribution in [2.45, 2.75) is 26.1 Å². The molecule has 2 aromatic carbocycles. The van der Waals surface area contributed by atoms with E-state index in [1.54, 1.807) is 11.3 Å². The van der Waals surface area contributed by atoms with E-state index >= 15 is 0 Å². The van der Waals surface area contributed by atoms with E-state index in [1.807, 2.05) is 6.92 Å². The van der Waals surface area contributed by atoms with Crippen molar-refractivity contribution in [2.24, 2.45) is 5.73 Å². The molecule has 1 atom stereocenters. The van der Waals surface area contributed by atoms with Crippen molar-refractivity contribution < 1.29 is 0 Å². The van der Waals surface area contributed by atoms with E-state index in [4.69, 9.17) is 10.7 Å². The Hall–Kier alpha value is -2.21. The smallest absolute Gasteiger partial charge is 0.123 e. The molecular formula is C22H26N4S. The Kier molecular flexibility index (Phi) is 5.00. The van der Waals surface area contributed by atoms with Crippen molar-refractivity contribution in [1.29, 1.82) is 0 Å². The third kappa shape index (κ3) is 3.50. The molecule has 1 unspecified atom stereocenters. The van der Waals surface area contributed by atoms with Gasteiger partial charge in [-0.05, 0) is 35.7 Å². The summed E-state index contributed by atoms with van der Waals surface area (Å²) >= 11 is 1.71. The Morgan fingerprint density at radius 3 is 2.74 bits per heavy atom. The summed E-state index contributed by atoms with van der Waals surface area (Å²) in [6, 6.07) is 15.6. The average Bonchev–Trinajstić information content (AvgIpc) is 3.24. The monoisotopic (exact) mass is 378 g/mol. The van der Waals surface area contributed by atoms with Gasteiger partial charge in [0, 0.05) is 62.1 Å². The van der Waals surface area contributed by atoms with Crippen LogP contribution < -0.4 is 10.6 Å². The van der Waals surface area contributed by atoms with Crippen LogP contribution in [-0.4, -0.2) is 30.5 Å². The van der Waals surface area contributed by atoms with Crippen LogP contribution in [0.1, 0.15) is 28.4 Å². The molecule has 27 heavy (non-hydrogen) atoms. The van der Waals surface area contributed by atoms with Crippen molar-refractivity contribution >= 4 is 17.0 Å². The molecular weight excluding hydrogens is 352 g/mol. The maximum absolute atomic E-state index is 6.21. The van der Waals surface area contributed by atoms with Gasteiger partial charge in [0.15, 0.2) is 0 Å². The summed E-state index contributed by atoms with van der Waals surface area (Å²) in [5, 5.41) is 3.21. The van der Waals surface area contributed by atoms with Crippen molar-refractivity contribution in [2.75, 3.05) is 25.5 Å². The Morgan fingerprint density at radius 1 is 1.22 bits per heavy atom. The first-order valence-electron chi connectivity index (χ1n) is 9.31. The van der Waals surface area contributed by atoms with Crippen LogP contribution in [0.3, 0.4) is 0 Å². The molecule has 1 aromatic heterocycles. The Balaban J connectivity index is 1.64. The van der Waals surface area contributed by atoms with E-state index in [0.29, 0.717) is 6.54 Å². The summed E-state index contributed by atoms with van der Waals surface area (Å²) in [5.74, 6) is 0. The van der Waals surface area contributed by atoms with Crippen LogP contribution in [0.15, 0.2) is 47.8 Å². The summed E-state index contributed by atoms with van der Waals surface area (Å²) < 4.78 is 0. The summed E-state index contributed by atoms with van der Waals surface area (Å²) in [6.07, 6.45) is 0. The van der Waals surface area contributed by atoms with Gasteiger partial charge in [0.05, 0.1) is 0 Å². The van der Waals surface area contributed by atoms with E-state index < -0.39 is 0 Å². The highest BCUT2D eigenvalue weighted by Crippen LogP contribution is 2.37. The van der Waals surface area contributed by atoms with Crippen LogP contribution in [0.25, 0.3) is 10.6 Å². The van der Waals surface area contributed by atoms with Gasteiger partial charge in [-0.15, -0.1) is 11.3 Å². The molecule has 1 aliphatic rings. The second-order valence-electron chi connectivity index (χ2n) is 7.39. The number of benzene rings is 2. The molecule has 2 N–H and O–H groups in total. The summed E-state index contributed by atoms with van der Waals surface area (Å²) in [6.45, 7) is 4.49. The van der Waals surface area contributed by atoms with Crippen molar-refractivity contribution in [3.63, 3.8) is 0 Å². The zero-order chi connectivity index (χ0) is 19.0. The molecule has 4 rings (SSSR count). The lowest BCUT2D eigenvalue weighted by Crippen LogP contribution is -2.27. The Labute approximate surface area is 165 Å². The van der Waals surface area contributed by atoms with Gasteiger partial charge in [-0.25, -0.2) is 4.98 Å². The summed E-state index contributed by atoms with van der Waals surface area (Å²) in [4.78, 5) is 9.33. The van der Waals surface area contributed by atoms with E-state index in [-0.39, 0.29) is 6.04 Å². The van der Waals surface area contributed by atoms with Gasteiger partial charge in [-0.1, -0.05) is 30.3 Å². The molecule has 0 amide bonds. The number of nitrogens with two attached hydrogens (primary N) is 1. The van der Waals surface area contributed by atoms with Crippen LogP contribution in [-0.2, 0) is 13.1 Å². The molecule has 2 heterocycles. The van der Waals surface area contributed by atoms with Gasteiger partial charge in [-0.3, -0.25) is 4.90 Å². The van der Waals surface area contributed by atoms with E-state index in [1.165, 1.54) is 27.9 Å². The topological polar surface area (TPSA) is 45.4 Å². The van der Waals surface area contributed by atoms with Gasteiger partial charge >= 0.3 is 0 Å². The molecule has 0 bridgehead atoms. The third-order valence-corrected chi connectivity index (χ3v) is 6.28. The highest BCUT2D eigenvalue weighted by molar-refractivity contribution is 7.13. The number of aromatic nitrogens is 1. The average molecular weight is 379 g/mol. The molecule has 0 radical (unpaired) electrons. The van der Waals surface area contributed by atoms with Crippen LogP contribution in [0.2, 0.25) is 0 Å². The lowest BCUT2D eigenvalue weighted by atomic mass is 10.0. The maximum atomic E-state index is 6.21. The minimum Gasteiger partial charge on any atom is -0.378 e. The van der Waals surface area contributed by atoms with E-state index in [2.05, 4.69) is 71.7 Å². The van der Waals surface area contributed by atoms with E-state index in [0.717, 1.165) is 23.8 Å². The van der Waals surface area contributed by atoms with Gasteiger partial charge < -0.3 is 10.6 Å². The van der Waals surface area contributed by atoms with Crippen LogP contribution in [0.4, 0.5) is 5.69 Å². The third-order valence-electron chi connectivity index (χ3n) is 5.28. The number of hydrogen-bond donors (Lipinski definition) is 1. The first-order valence-corrected chi connectivity index (χ1v) is 10.2. The van der Waals surface area contributed by atoms with Gasteiger partial charge in [-0.2, -0.15) is 0 Å². The molecule has 0 aliphatic carbocycles. The zero-order valence-electron chi connectivity index (χ0n) is 16.1. The molecule has 0 saturated heterocycles. The highest BCUT2D eigenvalue weighted by Gasteiger charge is 2.30. The largest absolute Gasteiger partial charge is 0.378 e. The molecule has 140 valence electrons. The molecule has 0 saturated carbocycles. The minimum atomic E-state index is 0.256. The predicted molar refractivity (Wildman–Crippen MR) is 114 cm³/mol. The number of fused-ring (bicyclic) bond motifs is 1. The minimum absolute atomic E-state index is 0.256. The Bertz CT molecular complexity index is 947. The number of anilines is 1. The van der Waals surface area contributed by atoms with Gasteiger partial charge in [0.25, 0.3) is 0 Å². The second-order valence-corrected chi connectivity index (χ2v) is 8.24. The number of hydrogen-bond acceptors (Lipinski definition) is 5. The van der Waals surface area contributed by atoms with Gasteiger partial charge in [0.2, 0.25) is 0 Å². The number of thiazole rings is 1. The van der Waals surface area contributed by atoms with Crippen LogP contribution >= 0.6 is 11.3 Å². The predicted octanol–water partition coefficient (Wildman–Crippen LogP) is 4.20. The normalized spacial score (nSPS) is 16.5. The fraction of sp³-hybridized carbons (Fsp3) is 0.318. The summed E-state index contributed by atoms with van der Waals surface area (Å²) in [7, 11) is 4.16. The molecule has 0 spiro atoms. The fourth-order valence-electron chi connectivity index (χ4n) is 3.85.